The van der Waals surface area contributed by atoms with Gasteiger partial charge in [0.25, 0.3) is 0 Å². The molecule has 7 heteroatoms. The number of hydrogen-bond acceptors (Lipinski definition) is 7. The normalized spacial score (nSPS) is 12.8. The Hall–Kier alpha value is -3.81. The first kappa shape index (κ1) is 23.4. The molecule has 3 aromatic carbocycles. The lowest BCUT2D eigenvalue weighted by atomic mass is 9.96. The summed E-state index contributed by atoms with van der Waals surface area (Å²) in [5.41, 5.74) is 5.86. The number of aliphatic hydroxyl groups is 1. The fourth-order valence-electron chi connectivity index (χ4n) is 3.87. The van der Waals surface area contributed by atoms with E-state index in [-0.39, 0.29) is 0 Å². The lowest BCUT2D eigenvalue weighted by Crippen LogP contribution is -2.45. The van der Waals surface area contributed by atoms with Crippen LogP contribution < -0.4 is 5.32 Å². The van der Waals surface area contributed by atoms with Gasteiger partial charge in [-0.2, -0.15) is 0 Å². The summed E-state index contributed by atoms with van der Waals surface area (Å²) in [7, 11) is 1.30. The minimum Gasteiger partial charge on any atom is -0.468 e. The van der Waals surface area contributed by atoms with Gasteiger partial charge in [0, 0.05) is 17.7 Å². The van der Waals surface area contributed by atoms with Crippen molar-refractivity contribution in [3.05, 3.63) is 83.9 Å². The summed E-state index contributed by atoms with van der Waals surface area (Å²) in [4.78, 5) is 11.9. The first-order chi connectivity index (χ1) is 16.5. The Morgan fingerprint density at radius 1 is 0.971 bits per heavy atom. The molecule has 4 aromatic rings. The SMILES string of the molecule is COC(=O)[C@@H](NCc1cccc(-c2nnc(-c3cccc(-c4ccccc4)c3C)o2)c1)[C@@H](C)O. The highest BCUT2D eigenvalue weighted by Crippen LogP contribution is 2.32. The molecule has 0 aliphatic heterocycles. The third kappa shape index (κ3) is 5.06. The third-order valence-corrected chi connectivity index (χ3v) is 5.71. The number of aliphatic hydroxyl groups excluding tert-OH is 1. The Kier molecular flexibility index (Phi) is 7.15. The second-order valence-electron chi connectivity index (χ2n) is 8.08. The van der Waals surface area contributed by atoms with Crippen LogP contribution in [0.25, 0.3) is 34.0 Å². The molecule has 0 radical (unpaired) electrons. The monoisotopic (exact) mass is 457 g/mol. The van der Waals surface area contributed by atoms with E-state index in [1.54, 1.807) is 6.92 Å². The third-order valence-electron chi connectivity index (χ3n) is 5.71. The van der Waals surface area contributed by atoms with Crippen LogP contribution in [-0.4, -0.2) is 40.5 Å². The van der Waals surface area contributed by atoms with Crippen molar-refractivity contribution >= 4 is 5.97 Å². The van der Waals surface area contributed by atoms with E-state index in [1.807, 2.05) is 61.5 Å². The Labute approximate surface area is 198 Å². The quantitative estimate of drug-likeness (QED) is 0.379. The lowest BCUT2D eigenvalue weighted by Gasteiger charge is -2.19. The van der Waals surface area contributed by atoms with Gasteiger partial charge in [-0.05, 0) is 54.3 Å². The summed E-state index contributed by atoms with van der Waals surface area (Å²) >= 11 is 0. The number of hydrogen-bond donors (Lipinski definition) is 2. The second-order valence-corrected chi connectivity index (χ2v) is 8.08. The van der Waals surface area contributed by atoms with Crippen LogP contribution in [0.2, 0.25) is 0 Å². The Morgan fingerprint density at radius 3 is 2.38 bits per heavy atom. The summed E-state index contributed by atoms with van der Waals surface area (Å²) in [5.74, 6) is 0.343. The number of benzene rings is 3. The average Bonchev–Trinajstić information content (AvgIpc) is 3.35. The zero-order valence-electron chi connectivity index (χ0n) is 19.4. The number of aromatic nitrogens is 2. The largest absolute Gasteiger partial charge is 0.468 e. The van der Waals surface area contributed by atoms with E-state index < -0.39 is 18.1 Å². The van der Waals surface area contributed by atoms with Gasteiger partial charge < -0.3 is 14.3 Å². The minimum absolute atomic E-state index is 0.359. The smallest absolute Gasteiger partial charge is 0.325 e. The first-order valence-corrected chi connectivity index (χ1v) is 11.1. The lowest BCUT2D eigenvalue weighted by molar-refractivity contribution is -0.145. The van der Waals surface area contributed by atoms with Crippen LogP contribution in [0.5, 0.6) is 0 Å². The van der Waals surface area contributed by atoms with Gasteiger partial charge in [-0.3, -0.25) is 10.1 Å². The van der Waals surface area contributed by atoms with E-state index >= 15 is 0 Å². The van der Waals surface area contributed by atoms with Crippen molar-refractivity contribution < 1.29 is 19.1 Å². The van der Waals surface area contributed by atoms with Gasteiger partial charge in [0.15, 0.2) is 0 Å². The number of carbonyl (C=O) groups is 1. The Morgan fingerprint density at radius 2 is 1.65 bits per heavy atom. The van der Waals surface area contributed by atoms with Crippen molar-refractivity contribution in [2.24, 2.45) is 0 Å². The van der Waals surface area contributed by atoms with Gasteiger partial charge in [-0.15, -0.1) is 10.2 Å². The molecular formula is C27H27N3O4. The molecule has 0 amide bonds. The summed E-state index contributed by atoms with van der Waals surface area (Å²) in [6.45, 7) is 3.95. The molecule has 0 saturated carbocycles. The fourth-order valence-corrected chi connectivity index (χ4v) is 3.87. The molecule has 34 heavy (non-hydrogen) atoms. The van der Waals surface area contributed by atoms with Crippen LogP contribution in [0.1, 0.15) is 18.1 Å². The molecule has 4 rings (SSSR count). The molecule has 174 valence electrons. The molecule has 0 bridgehead atoms. The molecule has 0 aliphatic carbocycles. The standard InChI is InChI=1S/C27H27N3O4/c1-17-22(20-10-5-4-6-11-20)13-8-14-23(17)26-30-29-25(34-26)21-12-7-9-19(15-21)16-28-24(18(2)31)27(32)33-3/h4-15,18,24,28,31H,16H2,1-3H3/t18-,24+/m1/s1. The maximum Gasteiger partial charge on any atom is 0.325 e. The van der Waals surface area contributed by atoms with Gasteiger partial charge in [-0.25, -0.2) is 0 Å². The van der Waals surface area contributed by atoms with Gasteiger partial charge in [0.05, 0.1) is 13.2 Å². The number of nitrogens with one attached hydrogen (secondary N) is 1. The number of esters is 1. The van der Waals surface area contributed by atoms with Crippen molar-refractivity contribution in [2.75, 3.05) is 7.11 Å². The molecule has 0 fully saturated rings. The van der Waals surface area contributed by atoms with E-state index in [0.29, 0.717) is 18.3 Å². The van der Waals surface area contributed by atoms with Gasteiger partial charge in [0.1, 0.15) is 6.04 Å². The minimum atomic E-state index is -0.885. The van der Waals surface area contributed by atoms with Crippen molar-refractivity contribution in [2.45, 2.75) is 32.5 Å². The predicted octanol–water partition coefficient (Wildman–Crippen LogP) is 4.39. The molecule has 0 aliphatic rings. The number of nitrogens with zero attached hydrogens (tertiary/aromatic N) is 2. The van der Waals surface area contributed by atoms with Crippen molar-refractivity contribution in [3.8, 4) is 34.0 Å². The van der Waals surface area contributed by atoms with Crippen molar-refractivity contribution in [1.29, 1.82) is 0 Å². The van der Waals surface area contributed by atoms with E-state index in [1.165, 1.54) is 7.11 Å². The number of rotatable bonds is 8. The Balaban J connectivity index is 1.56. The number of ether oxygens (including phenoxy) is 1. The average molecular weight is 458 g/mol. The summed E-state index contributed by atoms with van der Waals surface area (Å²) < 4.78 is 10.8. The van der Waals surface area contributed by atoms with Gasteiger partial charge in [-0.1, -0.05) is 54.6 Å². The highest BCUT2D eigenvalue weighted by molar-refractivity contribution is 5.76. The first-order valence-electron chi connectivity index (χ1n) is 11.1. The summed E-state index contributed by atoms with van der Waals surface area (Å²) in [6.07, 6.45) is -0.885. The topological polar surface area (TPSA) is 97.5 Å². The van der Waals surface area contributed by atoms with Crippen LogP contribution in [-0.2, 0) is 16.1 Å². The van der Waals surface area contributed by atoms with E-state index in [0.717, 1.165) is 33.4 Å². The predicted molar refractivity (Wildman–Crippen MR) is 130 cm³/mol. The number of carbonyl (C=O) groups excluding carboxylic acids is 1. The number of methoxy groups -OCH3 is 1. The molecule has 2 atom stereocenters. The highest BCUT2D eigenvalue weighted by atomic mass is 16.5. The van der Waals surface area contributed by atoms with E-state index in [9.17, 15) is 9.90 Å². The van der Waals surface area contributed by atoms with Gasteiger partial charge in [0.2, 0.25) is 11.8 Å². The molecular weight excluding hydrogens is 430 g/mol. The molecule has 0 unspecified atom stereocenters. The highest BCUT2D eigenvalue weighted by Gasteiger charge is 2.24. The van der Waals surface area contributed by atoms with Crippen molar-refractivity contribution in [1.82, 2.24) is 15.5 Å². The molecule has 1 aromatic heterocycles. The zero-order valence-corrected chi connectivity index (χ0v) is 19.4. The Bertz CT molecular complexity index is 1270. The van der Waals surface area contributed by atoms with Crippen LogP contribution in [0, 0.1) is 6.92 Å². The fraction of sp³-hybridized carbons (Fsp3) is 0.222. The second kappa shape index (κ2) is 10.4. The van der Waals surface area contributed by atoms with Crippen molar-refractivity contribution in [3.63, 3.8) is 0 Å². The maximum absolute atomic E-state index is 11.9. The summed E-state index contributed by atoms with van der Waals surface area (Å²) in [6, 6.07) is 23.0. The maximum atomic E-state index is 11.9. The molecule has 0 spiro atoms. The zero-order chi connectivity index (χ0) is 24.1. The van der Waals surface area contributed by atoms with Crippen LogP contribution in [0.15, 0.2) is 77.2 Å². The molecule has 2 N–H and O–H groups in total. The van der Waals surface area contributed by atoms with Gasteiger partial charge >= 0.3 is 5.97 Å². The summed E-state index contributed by atoms with van der Waals surface area (Å²) in [5, 5.41) is 21.4. The van der Waals surface area contributed by atoms with Crippen LogP contribution in [0.4, 0.5) is 0 Å². The molecule has 1 heterocycles. The van der Waals surface area contributed by atoms with E-state index in [2.05, 4.69) is 33.7 Å². The molecule has 0 saturated heterocycles. The molecule has 7 nitrogen and oxygen atoms in total. The van der Waals surface area contributed by atoms with Crippen LogP contribution >= 0.6 is 0 Å². The van der Waals surface area contributed by atoms with E-state index in [4.69, 9.17) is 9.15 Å². The van der Waals surface area contributed by atoms with Crippen LogP contribution in [0.3, 0.4) is 0 Å².